The second-order valence-electron chi connectivity index (χ2n) is 7.38. The summed E-state index contributed by atoms with van der Waals surface area (Å²) in [4.78, 5) is 4.67. The van der Waals surface area contributed by atoms with E-state index in [2.05, 4.69) is 32.1 Å². The molecule has 3 nitrogen and oxygen atoms in total. The first-order valence-corrected chi connectivity index (χ1v) is 9.31. The van der Waals surface area contributed by atoms with Gasteiger partial charge in [0.05, 0.1) is 39.1 Å². The highest BCUT2D eigenvalue weighted by Gasteiger charge is 2.17. The molecule has 0 aliphatic carbocycles. The number of halogens is 1. The van der Waals surface area contributed by atoms with Crippen LogP contribution in [0.4, 0.5) is 0 Å². The highest BCUT2D eigenvalue weighted by molar-refractivity contribution is 5.27. The molecule has 0 bridgehead atoms. The van der Waals surface area contributed by atoms with Crippen molar-refractivity contribution in [3.8, 4) is 5.75 Å². The molecule has 4 heteroatoms. The first-order valence-electron chi connectivity index (χ1n) is 9.31. The lowest BCUT2D eigenvalue weighted by molar-refractivity contribution is -0.904. The van der Waals surface area contributed by atoms with E-state index in [4.69, 9.17) is 4.74 Å². The number of ether oxygens (including phenoxy) is 1. The SMILES string of the molecule is CCCCCCCCCC[N+](C)(C)Cc1ccc(OC)c(C)n1.[Cl-]. The van der Waals surface area contributed by atoms with Gasteiger partial charge in [0.15, 0.2) is 0 Å². The molecule has 0 fully saturated rings. The number of aromatic nitrogens is 1. The predicted octanol–water partition coefficient (Wildman–Crippen LogP) is 2.12. The third-order valence-corrected chi connectivity index (χ3v) is 4.52. The van der Waals surface area contributed by atoms with Gasteiger partial charge in [0.1, 0.15) is 12.3 Å². The van der Waals surface area contributed by atoms with E-state index in [0.29, 0.717) is 0 Å². The van der Waals surface area contributed by atoms with Gasteiger partial charge in [-0.1, -0.05) is 45.4 Å². The van der Waals surface area contributed by atoms with Crippen molar-refractivity contribution < 1.29 is 21.6 Å². The summed E-state index contributed by atoms with van der Waals surface area (Å²) in [6, 6.07) is 4.13. The number of hydrogen-bond acceptors (Lipinski definition) is 2. The number of unbranched alkanes of at least 4 members (excludes halogenated alkanes) is 7. The minimum absolute atomic E-state index is 0. The minimum Gasteiger partial charge on any atom is -1.00 e. The van der Waals surface area contributed by atoms with Gasteiger partial charge in [-0.25, -0.2) is 4.98 Å². The normalized spacial score (nSPS) is 11.2. The number of nitrogens with zero attached hydrogens (tertiary/aromatic N) is 2. The standard InChI is InChI=1S/C20H37N2O.ClH/c1-6-7-8-9-10-11-12-13-16-22(3,4)17-19-14-15-20(23-5)18(2)21-19;/h14-15H,6-13,16-17H2,1-5H3;1H/q+1;/p-1. The summed E-state index contributed by atoms with van der Waals surface area (Å²) < 4.78 is 6.30. The van der Waals surface area contributed by atoms with E-state index >= 15 is 0 Å². The van der Waals surface area contributed by atoms with Gasteiger partial charge in [0, 0.05) is 0 Å². The van der Waals surface area contributed by atoms with Gasteiger partial charge >= 0.3 is 0 Å². The first kappa shape index (κ1) is 23.2. The van der Waals surface area contributed by atoms with Crippen molar-refractivity contribution in [2.45, 2.75) is 71.8 Å². The summed E-state index contributed by atoms with van der Waals surface area (Å²) in [5.41, 5.74) is 2.14. The summed E-state index contributed by atoms with van der Waals surface area (Å²) in [5.74, 6) is 0.877. The first-order chi connectivity index (χ1) is 11.0. The third kappa shape index (κ3) is 9.48. The maximum Gasteiger partial charge on any atom is 0.140 e. The molecule has 0 radical (unpaired) electrons. The van der Waals surface area contributed by atoms with E-state index in [1.165, 1.54) is 57.9 Å². The molecule has 0 N–H and O–H groups in total. The molecule has 140 valence electrons. The molecule has 0 amide bonds. The molecule has 0 aliphatic rings. The predicted molar refractivity (Wildman–Crippen MR) is 98.8 cm³/mol. The molecule has 1 heterocycles. The van der Waals surface area contributed by atoms with Crippen LogP contribution in [0, 0.1) is 6.92 Å². The number of quaternary nitrogens is 1. The van der Waals surface area contributed by atoms with E-state index in [-0.39, 0.29) is 12.4 Å². The Kier molecular flexibility index (Phi) is 12.1. The van der Waals surface area contributed by atoms with Crippen LogP contribution in [0.1, 0.15) is 69.7 Å². The molecule has 0 aliphatic heterocycles. The van der Waals surface area contributed by atoms with Crippen molar-refractivity contribution in [2.24, 2.45) is 0 Å². The number of pyridine rings is 1. The number of methoxy groups -OCH3 is 1. The monoisotopic (exact) mass is 356 g/mol. The molecular formula is C20H37ClN2O. The Morgan fingerprint density at radius 1 is 0.958 bits per heavy atom. The van der Waals surface area contributed by atoms with Gasteiger partial charge in [0.25, 0.3) is 0 Å². The van der Waals surface area contributed by atoms with Gasteiger partial charge in [0.2, 0.25) is 0 Å². The molecule has 0 unspecified atom stereocenters. The quantitative estimate of drug-likeness (QED) is 0.423. The van der Waals surface area contributed by atoms with Crippen molar-refractivity contribution in [1.82, 2.24) is 4.98 Å². The molecule has 1 aromatic rings. The van der Waals surface area contributed by atoms with Crippen LogP contribution in [-0.4, -0.2) is 37.2 Å². The zero-order chi connectivity index (χ0) is 17.1. The smallest absolute Gasteiger partial charge is 0.140 e. The van der Waals surface area contributed by atoms with Crippen LogP contribution in [0.2, 0.25) is 0 Å². The van der Waals surface area contributed by atoms with E-state index in [9.17, 15) is 0 Å². The lowest BCUT2D eigenvalue weighted by atomic mass is 10.1. The Hall–Kier alpha value is -0.800. The fourth-order valence-electron chi connectivity index (χ4n) is 3.10. The Morgan fingerprint density at radius 2 is 1.54 bits per heavy atom. The second-order valence-corrected chi connectivity index (χ2v) is 7.38. The number of rotatable bonds is 12. The molecule has 0 spiro atoms. The van der Waals surface area contributed by atoms with Crippen molar-refractivity contribution in [3.05, 3.63) is 23.5 Å². The Bertz CT molecular complexity index is 449. The van der Waals surface area contributed by atoms with E-state index in [0.717, 1.165) is 28.2 Å². The lowest BCUT2D eigenvalue weighted by Crippen LogP contribution is -3.00. The van der Waals surface area contributed by atoms with Crippen LogP contribution >= 0.6 is 0 Å². The molecule has 0 saturated carbocycles. The zero-order valence-corrected chi connectivity index (χ0v) is 17.2. The number of hydrogen-bond donors (Lipinski definition) is 0. The van der Waals surface area contributed by atoms with Crippen molar-refractivity contribution in [2.75, 3.05) is 27.7 Å². The highest BCUT2D eigenvalue weighted by atomic mass is 35.5. The van der Waals surface area contributed by atoms with Crippen LogP contribution in [0.25, 0.3) is 0 Å². The van der Waals surface area contributed by atoms with Crippen LogP contribution in [0.5, 0.6) is 5.75 Å². The number of aryl methyl sites for hydroxylation is 1. The summed E-state index contributed by atoms with van der Waals surface area (Å²) in [7, 11) is 6.32. The molecule has 0 atom stereocenters. The highest BCUT2D eigenvalue weighted by Crippen LogP contribution is 2.18. The zero-order valence-electron chi connectivity index (χ0n) is 16.4. The summed E-state index contributed by atoms with van der Waals surface area (Å²) in [6.07, 6.45) is 11.1. The average molecular weight is 357 g/mol. The Labute approximate surface area is 155 Å². The Balaban J connectivity index is 0.00000529. The fourth-order valence-corrected chi connectivity index (χ4v) is 3.10. The lowest BCUT2D eigenvalue weighted by Gasteiger charge is -2.29. The second kappa shape index (κ2) is 12.5. The minimum atomic E-state index is 0. The maximum atomic E-state index is 5.29. The molecule has 0 saturated heterocycles. The molecule has 1 rings (SSSR count). The Morgan fingerprint density at radius 3 is 2.08 bits per heavy atom. The largest absolute Gasteiger partial charge is 1.00 e. The summed E-state index contributed by atoms with van der Waals surface area (Å²) in [5, 5.41) is 0. The van der Waals surface area contributed by atoms with Crippen LogP contribution in [0.3, 0.4) is 0 Å². The van der Waals surface area contributed by atoms with Gasteiger partial charge in [-0.05, 0) is 31.9 Å². The molecule has 1 aromatic heterocycles. The van der Waals surface area contributed by atoms with E-state index in [1.807, 2.05) is 13.0 Å². The van der Waals surface area contributed by atoms with Crippen molar-refractivity contribution >= 4 is 0 Å². The van der Waals surface area contributed by atoms with Gasteiger partial charge in [-0.15, -0.1) is 0 Å². The van der Waals surface area contributed by atoms with Gasteiger partial charge in [-0.3, -0.25) is 0 Å². The average Bonchev–Trinajstić information content (AvgIpc) is 2.49. The maximum absolute atomic E-state index is 5.29. The fraction of sp³-hybridized carbons (Fsp3) is 0.750. The molecule has 0 aromatic carbocycles. The summed E-state index contributed by atoms with van der Waals surface area (Å²) >= 11 is 0. The molecular weight excluding hydrogens is 320 g/mol. The summed E-state index contributed by atoms with van der Waals surface area (Å²) in [6.45, 7) is 6.50. The van der Waals surface area contributed by atoms with Crippen molar-refractivity contribution in [3.63, 3.8) is 0 Å². The van der Waals surface area contributed by atoms with Gasteiger partial charge in [-0.2, -0.15) is 0 Å². The topological polar surface area (TPSA) is 22.1 Å². The van der Waals surface area contributed by atoms with Crippen molar-refractivity contribution in [1.29, 1.82) is 0 Å². The van der Waals surface area contributed by atoms with Crippen LogP contribution in [-0.2, 0) is 6.54 Å². The van der Waals surface area contributed by atoms with E-state index < -0.39 is 0 Å². The van der Waals surface area contributed by atoms with Crippen LogP contribution in [0.15, 0.2) is 12.1 Å². The third-order valence-electron chi connectivity index (χ3n) is 4.52. The van der Waals surface area contributed by atoms with Gasteiger partial charge < -0.3 is 21.6 Å². The van der Waals surface area contributed by atoms with E-state index in [1.54, 1.807) is 7.11 Å². The molecule has 24 heavy (non-hydrogen) atoms. The van der Waals surface area contributed by atoms with Crippen LogP contribution < -0.4 is 17.1 Å².